The zero-order valence-electron chi connectivity index (χ0n) is 6.71. The van der Waals surface area contributed by atoms with Gasteiger partial charge in [-0.3, -0.25) is 4.79 Å². The van der Waals surface area contributed by atoms with Gasteiger partial charge in [-0.1, -0.05) is 0 Å². The van der Waals surface area contributed by atoms with Crippen LogP contribution in [0.1, 0.15) is 0 Å². The van der Waals surface area contributed by atoms with Gasteiger partial charge in [0.2, 0.25) is 5.96 Å². The van der Waals surface area contributed by atoms with E-state index in [-0.39, 0.29) is 5.71 Å². The molecule has 2 aliphatic heterocycles. The standard InChI is InChI=1S/C7H7N5O/c8-6(13)5-1-3-12-4-2-9-11-7(12)10-5/h1-3H,4H2,(H2,8,13). The molecule has 0 bridgehead atoms. The third-order valence-corrected chi connectivity index (χ3v) is 1.65. The molecule has 13 heavy (non-hydrogen) atoms. The number of nitrogens with two attached hydrogens (primary N) is 1. The highest BCUT2D eigenvalue weighted by Crippen LogP contribution is 2.05. The topological polar surface area (TPSA) is 83.4 Å². The summed E-state index contributed by atoms with van der Waals surface area (Å²) in [4.78, 5) is 16.4. The molecule has 0 fully saturated rings. The fourth-order valence-corrected chi connectivity index (χ4v) is 1.01. The Bertz CT molecular complexity index is 365. The molecule has 0 aromatic carbocycles. The molecule has 0 atom stereocenters. The summed E-state index contributed by atoms with van der Waals surface area (Å²) in [5.41, 5.74) is 5.26. The molecular formula is C7H7N5O. The van der Waals surface area contributed by atoms with Crippen molar-refractivity contribution in [1.29, 1.82) is 0 Å². The second-order valence-corrected chi connectivity index (χ2v) is 2.53. The molecular weight excluding hydrogens is 170 g/mol. The van der Waals surface area contributed by atoms with E-state index in [9.17, 15) is 4.79 Å². The van der Waals surface area contributed by atoms with Crippen molar-refractivity contribution in [1.82, 2.24) is 4.90 Å². The van der Waals surface area contributed by atoms with E-state index in [1.807, 2.05) is 0 Å². The minimum Gasteiger partial charge on any atom is -0.364 e. The summed E-state index contributed by atoms with van der Waals surface area (Å²) in [6.07, 6.45) is 4.91. The summed E-state index contributed by atoms with van der Waals surface area (Å²) in [5.74, 6) is -0.160. The average molecular weight is 177 g/mol. The number of amides is 1. The van der Waals surface area contributed by atoms with Crippen molar-refractivity contribution < 1.29 is 4.79 Å². The van der Waals surface area contributed by atoms with E-state index in [0.717, 1.165) is 0 Å². The van der Waals surface area contributed by atoms with Crippen molar-refractivity contribution in [3.05, 3.63) is 12.3 Å². The predicted octanol–water partition coefficient (Wildman–Crippen LogP) is -0.903. The number of primary amides is 1. The lowest BCUT2D eigenvalue weighted by molar-refractivity contribution is -0.111. The molecule has 2 aliphatic rings. The van der Waals surface area contributed by atoms with Crippen LogP contribution >= 0.6 is 0 Å². The fourth-order valence-electron chi connectivity index (χ4n) is 1.01. The number of carbonyl (C=O) groups is 1. The molecule has 2 N–H and O–H groups in total. The molecule has 6 nitrogen and oxygen atoms in total. The zero-order valence-corrected chi connectivity index (χ0v) is 6.71. The Morgan fingerprint density at radius 3 is 3.23 bits per heavy atom. The van der Waals surface area contributed by atoms with Gasteiger partial charge in [0.05, 0.1) is 6.54 Å². The highest BCUT2D eigenvalue weighted by atomic mass is 16.1. The summed E-state index contributed by atoms with van der Waals surface area (Å²) in [6, 6.07) is 0. The van der Waals surface area contributed by atoms with Crippen LogP contribution in [-0.2, 0) is 4.79 Å². The van der Waals surface area contributed by atoms with E-state index < -0.39 is 5.91 Å². The van der Waals surface area contributed by atoms with Crippen LogP contribution in [0.15, 0.2) is 27.5 Å². The van der Waals surface area contributed by atoms with Gasteiger partial charge in [-0.15, -0.1) is 5.10 Å². The van der Waals surface area contributed by atoms with Gasteiger partial charge in [0.1, 0.15) is 5.71 Å². The number of guanidine groups is 1. The van der Waals surface area contributed by atoms with Crippen LogP contribution in [-0.4, -0.2) is 35.2 Å². The fraction of sp³-hybridized carbons (Fsp3) is 0.143. The summed E-state index contributed by atoms with van der Waals surface area (Å²) in [5, 5.41) is 7.43. The number of hydrogen-bond acceptors (Lipinski definition) is 5. The molecule has 0 aromatic heterocycles. The van der Waals surface area contributed by atoms with Gasteiger partial charge >= 0.3 is 0 Å². The van der Waals surface area contributed by atoms with Gasteiger partial charge < -0.3 is 10.6 Å². The second-order valence-electron chi connectivity index (χ2n) is 2.53. The Morgan fingerprint density at radius 1 is 1.62 bits per heavy atom. The summed E-state index contributed by atoms with van der Waals surface area (Å²) >= 11 is 0. The third-order valence-electron chi connectivity index (χ3n) is 1.65. The lowest BCUT2D eigenvalue weighted by Gasteiger charge is -2.21. The van der Waals surface area contributed by atoms with Crippen LogP contribution in [0.25, 0.3) is 0 Å². The minimum absolute atomic E-state index is 0.201. The largest absolute Gasteiger partial charge is 0.364 e. The maximum atomic E-state index is 10.8. The van der Waals surface area contributed by atoms with E-state index in [1.165, 1.54) is 0 Å². The van der Waals surface area contributed by atoms with Crippen molar-refractivity contribution in [2.24, 2.45) is 20.9 Å². The first-order valence-corrected chi connectivity index (χ1v) is 3.70. The Morgan fingerprint density at radius 2 is 2.46 bits per heavy atom. The van der Waals surface area contributed by atoms with Gasteiger partial charge in [0.25, 0.3) is 5.91 Å². The van der Waals surface area contributed by atoms with Gasteiger partial charge in [0, 0.05) is 12.4 Å². The summed E-state index contributed by atoms with van der Waals surface area (Å²) in [7, 11) is 0. The minimum atomic E-state index is -0.562. The molecule has 0 unspecified atom stereocenters. The maximum Gasteiger partial charge on any atom is 0.267 e. The van der Waals surface area contributed by atoms with Crippen molar-refractivity contribution >= 4 is 23.8 Å². The smallest absolute Gasteiger partial charge is 0.267 e. The molecule has 0 radical (unpaired) electrons. The predicted molar refractivity (Wildman–Crippen MR) is 48.4 cm³/mol. The van der Waals surface area contributed by atoms with Crippen LogP contribution in [0.4, 0.5) is 0 Å². The number of rotatable bonds is 1. The molecule has 0 spiro atoms. The lowest BCUT2D eigenvalue weighted by atomic mass is 10.3. The van der Waals surface area contributed by atoms with Crippen molar-refractivity contribution in [2.45, 2.75) is 0 Å². The third kappa shape index (κ3) is 1.33. The van der Waals surface area contributed by atoms with Crippen molar-refractivity contribution in [3.63, 3.8) is 0 Å². The molecule has 0 aromatic rings. The van der Waals surface area contributed by atoms with Crippen molar-refractivity contribution in [2.75, 3.05) is 6.54 Å². The molecule has 0 aliphatic carbocycles. The Hall–Kier alpha value is -1.98. The van der Waals surface area contributed by atoms with E-state index in [4.69, 9.17) is 5.73 Å². The molecule has 2 heterocycles. The van der Waals surface area contributed by atoms with E-state index in [0.29, 0.717) is 12.5 Å². The van der Waals surface area contributed by atoms with E-state index >= 15 is 0 Å². The highest BCUT2D eigenvalue weighted by Gasteiger charge is 2.17. The maximum absolute atomic E-state index is 10.8. The zero-order chi connectivity index (χ0) is 9.26. The Balaban J connectivity index is 2.34. The second kappa shape index (κ2) is 2.81. The van der Waals surface area contributed by atoms with Crippen LogP contribution in [0.3, 0.4) is 0 Å². The number of aliphatic imine (C=N–C) groups is 1. The van der Waals surface area contributed by atoms with E-state index in [2.05, 4.69) is 15.2 Å². The number of hydrogen-bond donors (Lipinski definition) is 1. The monoisotopic (exact) mass is 177 g/mol. The quantitative estimate of drug-likeness (QED) is 0.562. The molecule has 0 saturated heterocycles. The van der Waals surface area contributed by atoms with Crippen LogP contribution in [0.5, 0.6) is 0 Å². The molecule has 66 valence electrons. The number of fused-ring (bicyclic) bond motifs is 1. The van der Waals surface area contributed by atoms with Crippen LogP contribution < -0.4 is 5.73 Å². The lowest BCUT2D eigenvalue weighted by Crippen LogP contribution is -2.35. The van der Waals surface area contributed by atoms with Gasteiger partial charge in [-0.25, -0.2) is 4.99 Å². The van der Waals surface area contributed by atoms with E-state index in [1.54, 1.807) is 23.4 Å². The van der Waals surface area contributed by atoms with Gasteiger partial charge in [0.15, 0.2) is 0 Å². The Kier molecular flexibility index (Phi) is 1.66. The number of carbonyl (C=O) groups excluding carboxylic acids is 1. The summed E-state index contributed by atoms with van der Waals surface area (Å²) < 4.78 is 0. The number of nitrogens with zero attached hydrogens (tertiary/aromatic N) is 4. The normalized spacial score (nSPS) is 19.2. The molecule has 0 saturated carbocycles. The molecule has 2 rings (SSSR count). The molecule has 1 amide bonds. The first-order valence-electron chi connectivity index (χ1n) is 3.70. The Labute approximate surface area is 74.1 Å². The highest BCUT2D eigenvalue weighted by molar-refractivity contribution is 6.44. The van der Waals surface area contributed by atoms with Crippen LogP contribution in [0.2, 0.25) is 0 Å². The van der Waals surface area contributed by atoms with Gasteiger partial charge in [-0.05, 0) is 6.08 Å². The summed E-state index contributed by atoms with van der Waals surface area (Å²) in [6.45, 7) is 0.616. The van der Waals surface area contributed by atoms with Crippen molar-refractivity contribution in [3.8, 4) is 0 Å². The molecule has 6 heteroatoms. The first kappa shape index (κ1) is 7.66. The average Bonchev–Trinajstić information content (AvgIpc) is 2.17. The SMILES string of the molecule is NC(=O)C1=NC2=NN=CCN2C=C1. The van der Waals surface area contributed by atoms with Crippen LogP contribution in [0, 0.1) is 0 Å². The van der Waals surface area contributed by atoms with Gasteiger partial charge in [-0.2, -0.15) is 5.10 Å². The first-order chi connectivity index (χ1) is 6.27.